The Morgan fingerprint density at radius 3 is 2.70 bits per heavy atom. The molecule has 20 heavy (non-hydrogen) atoms. The van der Waals surface area contributed by atoms with E-state index in [0.717, 1.165) is 31.7 Å². The molecule has 0 unspecified atom stereocenters. The summed E-state index contributed by atoms with van der Waals surface area (Å²) in [6.07, 6.45) is 2.15. The minimum atomic E-state index is 0.200. The van der Waals surface area contributed by atoms with E-state index in [2.05, 4.69) is 51.2 Å². The van der Waals surface area contributed by atoms with Crippen LogP contribution in [-0.4, -0.2) is 31.4 Å². The van der Waals surface area contributed by atoms with E-state index in [9.17, 15) is 0 Å². The molecule has 0 aliphatic rings. The fourth-order valence-corrected chi connectivity index (χ4v) is 2.19. The molecule has 0 spiro atoms. The van der Waals surface area contributed by atoms with Gasteiger partial charge in [0.25, 0.3) is 0 Å². The molecule has 0 fully saturated rings. The van der Waals surface area contributed by atoms with Crippen LogP contribution in [0.25, 0.3) is 0 Å². The lowest BCUT2D eigenvalue weighted by molar-refractivity contribution is 0.238. The molecule has 0 aromatic heterocycles. The molecule has 0 amide bonds. The van der Waals surface area contributed by atoms with Crippen LogP contribution in [0.15, 0.2) is 18.2 Å². The fourth-order valence-electron chi connectivity index (χ4n) is 2.19. The van der Waals surface area contributed by atoms with Gasteiger partial charge in [0, 0.05) is 13.1 Å². The number of hydrogen-bond donors (Lipinski definition) is 2. The lowest BCUT2D eigenvalue weighted by Gasteiger charge is -2.25. The van der Waals surface area contributed by atoms with E-state index in [0.29, 0.717) is 6.54 Å². The molecule has 3 nitrogen and oxygen atoms in total. The van der Waals surface area contributed by atoms with E-state index in [-0.39, 0.29) is 12.0 Å². The second kappa shape index (κ2) is 8.28. The fraction of sp³-hybridized carbons (Fsp3) is 0.647. The Bertz CT molecular complexity index is 402. The standard InChI is InChI=1S/C17H29NO2/c1-14-6-7-15(2)16(12-14)20-11-5-8-17(3,4)13-18-9-10-19/h6-7,12,18-19H,5,8-11,13H2,1-4H3. The molecule has 0 saturated carbocycles. The minimum absolute atomic E-state index is 0.200. The van der Waals surface area contributed by atoms with Crippen molar-refractivity contribution in [1.82, 2.24) is 5.32 Å². The first-order chi connectivity index (χ1) is 9.44. The number of rotatable bonds is 9. The lowest BCUT2D eigenvalue weighted by atomic mass is 9.88. The summed E-state index contributed by atoms with van der Waals surface area (Å²) in [6.45, 7) is 11.2. The van der Waals surface area contributed by atoms with Crippen LogP contribution in [0.2, 0.25) is 0 Å². The van der Waals surface area contributed by atoms with Crippen molar-refractivity contribution in [2.24, 2.45) is 5.41 Å². The largest absolute Gasteiger partial charge is 0.493 e. The molecule has 0 bridgehead atoms. The molecule has 0 heterocycles. The Balaban J connectivity index is 2.28. The summed E-state index contributed by atoms with van der Waals surface area (Å²) in [5.41, 5.74) is 2.67. The van der Waals surface area contributed by atoms with Crippen molar-refractivity contribution in [3.8, 4) is 5.75 Å². The van der Waals surface area contributed by atoms with E-state index in [1.807, 2.05) is 0 Å². The summed E-state index contributed by atoms with van der Waals surface area (Å²) < 4.78 is 5.88. The van der Waals surface area contributed by atoms with Crippen molar-refractivity contribution in [2.75, 3.05) is 26.3 Å². The van der Waals surface area contributed by atoms with E-state index < -0.39 is 0 Å². The molecule has 0 atom stereocenters. The van der Waals surface area contributed by atoms with E-state index in [1.54, 1.807) is 0 Å². The van der Waals surface area contributed by atoms with Gasteiger partial charge in [0.1, 0.15) is 5.75 Å². The molecule has 0 radical (unpaired) electrons. The van der Waals surface area contributed by atoms with Crippen LogP contribution in [0.5, 0.6) is 5.75 Å². The maximum absolute atomic E-state index is 8.77. The third-order valence-corrected chi connectivity index (χ3v) is 3.49. The highest BCUT2D eigenvalue weighted by Crippen LogP contribution is 2.23. The Morgan fingerprint density at radius 1 is 1.25 bits per heavy atom. The van der Waals surface area contributed by atoms with E-state index in [4.69, 9.17) is 9.84 Å². The smallest absolute Gasteiger partial charge is 0.122 e. The maximum atomic E-state index is 8.77. The molecule has 3 heteroatoms. The van der Waals surface area contributed by atoms with Gasteiger partial charge in [0.05, 0.1) is 13.2 Å². The molecule has 1 aromatic carbocycles. The van der Waals surface area contributed by atoms with Crippen molar-refractivity contribution in [3.05, 3.63) is 29.3 Å². The molecule has 1 rings (SSSR count). The molecular formula is C17H29NO2. The van der Waals surface area contributed by atoms with Gasteiger partial charge >= 0.3 is 0 Å². The molecule has 0 saturated heterocycles. The summed E-state index contributed by atoms with van der Waals surface area (Å²) in [7, 11) is 0. The van der Waals surface area contributed by atoms with Gasteiger partial charge in [0.2, 0.25) is 0 Å². The first-order valence-electron chi connectivity index (χ1n) is 7.46. The summed E-state index contributed by atoms with van der Waals surface area (Å²) in [6, 6.07) is 6.31. The van der Waals surface area contributed by atoms with Crippen LogP contribution in [0, 0.1) is 19.3 Å². The highest BCUT2D eigenvalue weighted by molar-refractivity contribution is 5.35. The number of hydrogen-bond acceptors (Lipinski definition) is 3. The summed E-state index contributed by atoms with van der Waals surface area (Å²) in [4.78, 5) is 0. The van der Waals surface area contributed by atoms with Crippen LogP contribution in [0.4, 0.5) is 0 Å². The second-order valence-electron chi connectivity index (χ2n) is 6.29. The van der Waals surface area contributed by atoms with Crippen molar-refractivity contribution in [3.63, 3.8) is 0 Å². The monoisotopic (exact) mass is 279 g/mol. The van der Waals surface area contributed by atoms with Crippen molar-refractivity contribution >= 4 is 0 Å². The minimum Gasteiger partial charge on any atom is -0.493 e. The normalized spacial score (nSPS) is 11.7. The zero-order valence-corrected chi connectivity index (χ0v) is 13.3. The van der Waals surface area contributed by atoms with Gasteiger partial charge in [-0.15, -0.1) is 0 Å². The van der Waals surface area contributed by atoms with Gasteiger partial charge in [-0.3, -0.25) is 0 Å². The van der Waals surface area contributed by atoms with Crippen LogP contribution >= 0.6 is 0 Å². The third-order valence-electron chi connectivity index (χ3n) is 3.49. The van der Waals surface area contributed by atoms with Gasteiger partial charge in [-0.2, -0.15) is 0 Å². The van der Waals surface area contributed by atoms with Gasteiger partial charge in [-0.25, -0.2) is 0 Å². The SMILES string of the molecule is Cc1ccc(C)c(OCCCC(C)(C)CNCCO)c1. The topological polar surface area (TPSA) is 41.5 Å². The summed E-state index contributed by atoms with van der Waals surface area (Å²) in [5.74, 6) is 1.00. The van der Waals surface area contributed by atoms with E-state index >= 15 is 0 Å². The molecule has 114 valence electrons. The third kappa shape index (κ3) is 6.40. The van der Waals surface area contributed by atoms with Gasteiger partial charge < -0.3 is 15.2 Å². The number of aryl methyl sites for hydroxylation is 2. The highest BCUT2D eigenvalue weighted by Gasteiger charge is 2.16. The van der Waals surface area contributed by atoms with Crippen LogP contribution in [-0.2, 0) is 0 Å². The first-order valence-corrected chi connectivity index (χ1v) is 7.46. The number of nitrogens with one attached hydrogen (secondary N) is 1. The molecule has 0 aliphatic heterocycles. The van der Waals surface area contributed by atoms with Crippen LogP contribution in [0.3, 0.4) is 0 Å². The van der Waals surface area contributed by atoms with Crippen LogP contribution in [0.1, 0.15) is 37.8 Å². The van der Waals surface area contributed by atoms with Gasteiger partial charge in [-0.05, 0) is 49.3 Å². The molecule has 2 N–H and O–H groups in total. The molecule has 1 aromatic rings. The lowest BCUT2D eigenvalue weighted by Crippen LogP contribution is -2.31. The van der Waals surface area contributed by atoms with Gasteiger partial charge in [0.15, 0.2) is 0 Å². The number of ether oxygens (including phenoxy) is 1. The number of aliphatic hydroxyl groups is 1. The van der Waals surface area contributed by atoms with Crippen molar-refractivity contribution < 1.29 is 9.84 Å². The molecular weight excluding hydrogens is 250 g/mol. The maximum Gasteiger partial charge on any atom is 0.122 e. The highest BCUT2D eigenvalue weighted by atomic mass is 16.5. The first kappa shape index (κ1) is 17.0. The quantitative estimate of drug-likeness (QED) is 0.683. The number of aliphatic hydroxyl groups excluding tert-OH is 1. The Labute approximate surface area is 123 Å². The number of benzene rings is 1. The van der Waals surface area contributed by atoms with Gasteiger partial charge in [-0.1, -0.05) is 26.0 Å². The van der Waals surface area contributed by atoms with Crippen molar-refractivity contribution in [1.29, 1.82) is 0 Å². The second-order valence-corrected chi connectivity index (χ2v) is 6.29. The molecule has 0 aliphatic carbocycles. The Hall–Kier alpha value is -1.06. The van der Waals surface area contributed by atoms with E-state index in [1.165, 1.54) is 11.1 Å². The zero-order valence-electron chi connectivity index (χ0n) is 13.3. The summed E-state index contributed by atoms with van der Waals surface area (Å²) in [5, 5.41) is 12.0. The summed E-state index contributed by atoms with van der Waals surface area (Å²) >= 11 is 0. The predicted molar refractivity (Wildman–Crippen MR) is 84.4 cm³/mol. The predicted octanol–water partition coefficient (Wildman–Crippen LogP) is 3.07. The average Bonchev–Trinajstić information content (AvgIpc) is 2.39. The van der Waals surface area contributed by atoms with Crippen LogP contribution < -0.4 is 10.1 Å². The zero-order chi connectivity index (χ0) is 15.0. The average molecular weight is 279 g/mol. The Morgan fingerprint density at radius 2 is 2.00 bits per heavy atom. The van der Waals surface area contributed by atoms with Crippen molar-refractivity contribution in [2.45, 2.75) is 40.5 Å². The Kier molecular flexibility index (Phi) is 7.03.